The maximum atomic E-state index is 12.5. The summed E-state index contributed by atoms with van der Waals surface area (Å²) in [4.78, 5) is 25.1. The first-order valence-electron chi connectivity index (χ1n) is 8.77. The van der Waals surface area contributed by atoms with Crippen LogP contribution in [0, 0.1) is 5.92 Å². The van der Waals surface area contributed by atoms with Crippen LogP contribution in [-0.4, -0.2) is 60.4 Å². The fourth-order valence-corrected chi connectivity index (χ4v) is 3.53. The summed E-state index contributed by atoms with van der Waals surface area (Å²) >= 11 is 0. The molecule has 1 heterocycles. The SMILES string of the molecule is C[C@@H]1CCC[C@@H](OCC(=O)N(CCC(=O)O)C2CCOCC2)C1. The van der Waals surface area contributed by atoms with Gasteiger partial charge in [-0.05, 0) is 31.6 Å². The molecule has 1 saturated carbocycles. The number of aliphatic carboxylic acids is 1. The summed E-state index contributed by atoms with van der Waals surface area (Å²) in [6.07, 6.45) is 6.10. The third-order valence-corrected chi connectivity index (χ3v) is 4.85. The van der Waals surface area contributed by atoms with E-state index in [2.05, 4.69) is 6.92 Å². The number of carboxylic acids is 1. The molecule has 23 heavy (non-hydrogen) atoms. The Morgan fingerprint density at radius 2 is 1.96 bits per heavy atom. The molecule has 1 saturated heterocycles. The van der Waals surface area contributed by atoms with E-state index in [1.807, 2.05) is 0 Å². The van der Waals surface area contributed by atoms with Crippen molar-refractivity contribution in [3.05, 3.63) is 0 Å². The number of carboxylic acid groups (broad SMARTS) is 1. The monoisotopic (exact) mass is 327 g/mol. The summed E-state index contributed by atoms with van der Waals surface area (Å²) < 4.78 is 11.2. The molecule has 1 N–H and O–H groups in total. The number of ether oxygens (including phenoxy) is 2. The van der Waals surface area contributed by atoms with E-state index in [-0.39, 0.29) is 37.6 Å². The number of rotatable bonds is 7. The lowest BCUT2D eigenvalue weighted by Gasteiger charge is -2.35. The summed E-state index contributed by atoms with van der Waals surface area (Å²) in [5.74, 6) is -0.310. The quantitative estimate of drug-likeness (QED) is 0.774. The summed E-state index contributed by atoms with van der Waals surface area (Å²) in [6.45, 7) is 3.79. The molecule has 132 valence electrons. The van der Waals surface area contributed by atoms with E-state index >= 15 is 0 Å². The van der Waals surface area contributed by atoms with Gasteiger partial charge in [-0.2, -0.15) is 0 Å². The standard InChI is InChI=1S/C17H29NO5/c1-13-3-2-4-15(11-13)23-12-16(19)18(8-5-17(20)21)14-6-9-22-10-7-14/h13-15H,2-12H2,1H3,(H,20,21)/t13-,15-/m1/s1. The second-order valence-corrected chi connectivity index (χ2v) is 6.78. The second kappa shape index (κ2) is 9.23. The number of hydrogen-bond acceptors (Lipinski definition) is 4. The molecular formula is C17H29NO5. The molecule has 0 unspecified atom stereocenters. The van der Waals surface area contributed by atoms with E-state index in [1.54, 1.807) is 4.90 Å². The van der Waals surface area contributed by atoms with Crippen LogP contribution in [0.5, 0.6) is 0 Å². The molecule has 2 rings (SSSR count). The highest BCUT2D eigenvalue weighted by atomic mass is 16.5. The smallest absolute Gasteiger partial charge is 0.305 e. The van der Waals surface area contributed by atoms with Gasteiger partial charge >= 0.3 is 5.97 Å². The van der Waals surface area contributed by atoms with Crippen molar-refractivity contribution >= 4 is 11.9 Å². The van der Waals surface area contributed by atoms with Crippen molar-refractivity contribution in [1.29, 1.82) is 0 Å². The topological polar surface area (TPSA) is 76.1 Å². The third kappa shape index (κ3) is 6.11. The molecule has 2 aliphatic rings. The molecule has 6 heteroatoms. The van der Waals surface area contributed by atoms with E-state index in [9.17, 15) is 9.59 Å². The van der Waals surface area contributed by atoms with Gasteiger partial charge in [-0.25, -0.2) is 0 Å². The van der Waals surface area contributed by atoms with Gasteiger partial charge in [0.05, 0.1) is 12.5 Å². The molecule has 0 bridgehead atoms. The zero-order valence-corrected chi connectivity index (χ0v) is 14.0. The summed E-state index contributed by atoms with van der Waals surface area (Å²) in [5, 5.41) is 8.91. The number of carbonyl (C=O) groups excluding carboxylic acids is 1. The van der Waals surface area contributed by atoms with Crippen LogP contribution in [0.4, 0.5) is 0 Å². The summed E-state index contributed by atoms with van der Waals surface area (Å²) in [5.41, 5.74) is 0. The molecule has 1 aliphatic carbocycles. The van der Waals surface area contributed by atoms with Crippen LogP contribution in [-0.2, 0) is 19.1 Å². The van der Waals surface area contributed by atoms with E-state index in [0.717, 1.165) is 32.1 Å². The van der Waals surface area contributed by atoms with Gasteiger partial charge in [0.15, 0.2) is 0 Å². The van der Waals surface area contributed by atoms with Gasteiger partial charge in [0.2, 0.25) is 5.91 Å². The minimum atomic E-state index is -0.878. The van der Waals surface area contributed by atoms with Crippen molar-refractivity contribution in [3.63, 3.8) is 0 Å². The average Bonchev–Trinajstić information content (AvgIpc) is 2.54. The molecule has 0 spiro atoms. The Bertz CT molecular complexity index is 394. The molecule has 1 amide bonds. The van der Waals surface area contributed by atoms with Crippen LogP contribution < -0.4 is 0 Å². The predicted molar refractivity (Wildman–Crippen MR) is 85.2 cm³/mol. The van der Waals surface area contributed by atoms with Crippen molar-refractivity contribution in [2.24, 2.45) is 5.92 Å². The number of amides is 1. The van der Waals surface area contributed by atoms with Gasteiger partial charge < -0.3 is 19.5 Å². The van der Waals surface area contributed by atoms with Crippen molar-refractivity contribution in [3.8, 4) is 0 Å². The lowest BCUT2D eigenvalue weighted by Crippen LogP contribution is -2.46. The van der Waals surface area contributed by atoms with Crippen molar-refractivity contribution < 1.29 is 24.2 Å². The minimum Gasteiger partial charge on any atom is -0.481 e. The normalized spacial score (nSPS) is 26.0. The first-order valence-corrected chi connectivity index (χ1v) is 8.77. The molecule has 2 fully saturated rings. The van der Waals surface area contributed by atoms with Gasteiger partial charge in [-0.3, -0.25) is 9.59 Å². The zero-order chi connectivity index (χ0) is 16.7. The Labute approximate surface area is 138 Å². The lowest BCUT2D eigenvalue weighted by atomic mass is 9.89. The van der Waals surface area contributed by atoms with Crippen LogP contribution in [0.25, 0.3) is 0 Å². The molecule has 1 aliphatic heterocycles. The van der Waals surface area contributed by atoms with Crippen LogP contribution in [0.2, 0.25) is 0 Å². The molecular weight excluding hydrogens is 298 g/mol. The van der Waals surface area contributed by atoms with Gasteiger partial charge in [0.25, 0.3) is 0 Å². The molecule has 0 aromatic rings. The first kappa shape index (κ1) is 18.2. The number of carbonyl (C=O) groups is 2. The van der Waals surface area contributed by atoms with Crippen LogP contribution in [0.1, 0.15) is 51.9 Å². The van der Waals surface area contributed by atoms with Crippen molar-refractivity contribution in [2.45, 2.75) is 64.0 Å². The van der Waals surface area contributed by atoms with Crippen molar-refractivity contribution in [1.82, 2.24) is 4.90 Å². The largest absolute Gasteiger partial charge is 0.481 e. The third-order valence-electron chi connectivity index (χ3n) is 4.85. The van der Waals surface area contributed by atoms with Crippen LogP contribution >= 0.6 is 0 Å². The molecule has 2 atom stereocenters. The molecule has 6 nitrogen and oxygen atoms in total. The molecule has 0 aromatic carbocycles. The Morgan fingerprint density at radius 1 is 1.22 bits per heavy atom. The number of nitrogens with zero attached hydrogens (tertiary/aromatic N) is 1. The van der Waals surface area contributed by atoms with Crippen LogP contribution in [0.15, 0.2) is 0 Å². The fourth-order valence-electron chi connectivity index (χ4n) is 3.53. The van der Waals surface area contributed by atoms with Crippen LogP contribution in [0.3, 0.4) is 0 Å². The highest BCUT2D eigenvalue weighted by Gasteiger charge is 2.27. The number of hydrogen-bond donors (Lipinski definition) is 1. The predicted octanol–water partition coefficient (Wildman–Crippen LogP) is 2.06. The van der Waals surface area contributed by atoms with E-state index in [4.69, 9.17) is 14.6 Å². The summed E-state index contributed by atoms with van der Waals surface area (Å²) in [7, 11) is 0. The maximum Gasteiger partial charge on any atom is 0.305 e. The van der Waals surface area contributed by atoms with E-state index in [0.29, 0.717) is 19.1 Å². The lowest BCUT2D eigenvalue weighted by molar-refractivity contribution is -0.145. The fraction of sp³-hybridized carbons (Fsp3) is 0.882. The van der Waals surface area contributed by atoms with Gasteiger partial charge in [0, 0.05) is 25.8 Å². The molecule has 0 radical (unpaired) electrons. The van der Waals surface area contributed by atoms with Gasteiger partial charge in [0.1, 0.15) is 6.61 Å². The summed E-state index contributed by atoms with van der Waals surface area (Å²) in [6, 6.07) is 0.0736. The zero-order valence-electron chi connectivity index (χ0n) is 14.0. The minimum absolute atomic E-state index is 0.0242. The Hall–Kier alpha value is -1.14. The molecule has 0 aromatic heterocycles. The maximum absolute atomic E-state index is 12.5. The van der Waals surface area contributed by atoms with E-state index in [1.165, 1.54) is 6.42 Å². The first-order chi connectivity index (χ1) is 11.1. The Balaban J connectivity index is 1.85. The van der Waals surface area contributed by atoms with E-state index < -0.39 is 5.97 Å². The average molecular weight is 327 g/mol. The highest BCUT2D eigenvalue weighted by Crippen LogP contribution is 2.26. The highest BCUT2D eigenvalue weighted by molar-refractivity contribution is 5.78. The Kier molecular flexibility index (Phi) is 7.30. The van der Waals surface area contributed by atoms with Gasteiger partial charge in [-0.1, -0.05) is 19.8 Å². The second-order valence-electron chi connectivity index (χ2n) is 6.78. The van der Waals surface area contributed by atoms with Gasteiger partial charge in [-0.15, -0.1) is 0 Å². The Morgan fingerprint density at radius 3 is 2.61 bits per heavy atom. The van der Waals surface area contributed by atoms with Crippen molar-refractivity contribution in [2.75, 3.05) is 26.4 Å².